The fraction of sp³-hybridized carbons (Fsp3) is 0.263. The largest absolute Gasteiger partial charge is 0.352 e. The van der Waals surface area contributed by atoms with E-state index in [9.17, 15) is 18.4 Å². The predicted octanol–water partition coefficient (Wildman–Crippen LogP) is 3.16. The zero-order valence-electron chi connectivity index (χ0n) is 13.7. The van der Waals surface area contributed by atoms with E-state index < -0.39 is 35.1 Å². The van der Waals surface area contributed by atoms with E-state index in [0.29, 0.717) is 13.0 Å². The second-order valence-corrected chi connectivity index (χ2v) is 6.24. The second-order valence-electron chi connectivity index (χ2n) is 6.24. The minimum Gasteiger partial charge on any atom is -0.352 e. The third-order valence-corrected chi connectivity index (χ3v) is 4.22. The van der Waals surface area contributed by atoms with Crippen molar-refractivity contribution in [3.05, 3.63) is 65.2 Å². The van der Waals surface area contributed by atoms with Crippen molar-refractivity contribution in [1.82, 2.24) is 5.32 Å². The SMILES string of the molecule is Cc1cccc(CNC(=O)C2CC2C(=O)Nc2c(F)cccc2F)c1. The highest BCUT2D eigenvalue weighted by atomic mass is 19.1. The summed E-state index contributed by atoms with van der Waals surface area (Å²) >= 11 is 0. The van der Waals surface area contributed by atoms with Gasteiger partial charge in [-0.25, -0.2) is 8.78 Å². The molecule has 0 saturated heterocycles. The van der Waals surface area contributed by atoms with E-state index in [1.165, 1.54) is 6.07 Å². The Hall–Kier alpha value is -2.76. The molecule has 1 fully saturated rings. The lowest BCUT2D eigenvalue weighted by atomic mass is 10.1. The van der Waals surface area contributed by atoms with Crippen molar-refractivity contribution in [2.24, 2.45) is 11.8 Å². The van der Waals surface area contributed by atoms with Crippen LogP contribution in [0, 0.1) is 30.4 Å². The molecule has 2 N–H and O–H groups in total. The van der Waals surface area contributed by atoms with E-state index in [0.717, 1.165) is 23.3 Å². The Morgan fingerprint density at radius 1 is 1.04 bits per heavy atom. The molecule has 25 heavy (non-hydrogen) atoms. The average molecular weight is 344 g/mol. The Balaban J connectivity index is 1.53. The van der Waals surface area contributed by atoms with Crippen LogP contribution in [0.1, 0.15) is 17.5 Å². The molecule has 6 heteroatoms. The van der Waals surface area contributed by atoms with Gasteiger partial charge in [0.2, 0.25) is 11.8 Å². The maximum Gasteiger partial charge on any atom is 0.228 e. The van der Waals surface area contributed by atoms with Crippen molar-refractivity contribution in [3.63, 3.8) is 0 Å². The topological polar surface area (TPSA) is 58.2 Å². The van der Waals surface area contributed by atoms with Crippen LogP contribution in [0.15, 0.2) is 42.5 Å². The van der Waals surface area contributed by atoms with Crippen LogP contribution in [-0.4, -0.2) is 11.8 Å². The van der Waals surface area contributed by atoms with Gasteiger partial charge in [-0.05, 0) is 31.0 Å². The van der Waals surface area contributed by atoms with Gasteiger partial charge < -0.3 is 10.6 Å². The number of halogens is 2. The van der Waals surface area contributed by atoms with E-state index in [4.69, 9.17) is 0 Å². The lowest BCUT2D eigenvalue weighted by molar-refractivity contribution is -0.125. The molecule has 2 atom stereocenters. The average Bonchev–Trinajstić information content (AvgIpc) is 3.37. The number of carbonyl (C=O) groups is 2. The van der Waals surface area contributed by atoms with E-state index in [1.54, 1.807) is 0 Å². The minimum absolute atomic E-state index is 0.226. The van der Waals surface area contributed by atoms with Gasteiger partial charge >= 0.3 is 0 Å². The second kappa shape index (κ2) is 7.01. The fourth-order valence-electron chi connectivity index (χ4n) is 2.75. The summed E-state index contributed by atoms with van der Waals surface area (Å²) in [6.07, 6.45) is 0.377. The first-order chi connectivity index (χ1) is 12.0. The number of nitrogens with one attached hydrogen (secondary N) is 2. The van der Waals surface area contributed by atoms with Crippen molar-refractivity contribution in [1.29, 1.82) is 0 Å². The van der Waals surface area contributed by atoms with Gasteiger partial charge in [0.25, 0.3) is 0 Å². The van der Waals surface area contributed by atoms with Crippen molar-refractivity contribution >= 4 is 17.5 Å². The van der Waals surface area contributed by atoms with Gasteiger partial charge in [0.05, 0.1) is 11.8 Å². The lowest BCUT2D eigenvalue weighted by Crippen LogP contribution is -2.27. The molecule has 0 aromatic heterocycles. The van der Waals surface area contributed by atoms with Gasteiger partial charge in [-0.15, -0.1) is 0 Å². The van der Waals surface area contributed by atoms with E-state index in [1.807, 2.05) is 31.2 Å². The monoisotopic (exact) mass is 344 g/mol. The van der Waals surface area contributed by atoms with E-state index >= 15 is 0 Å². The zero-order chi connectivity index (χ0) is 18.0. The van der Waals surface area contributed by atoms with Gasteiger partial charge in [0.15, 0.2) is 0 Å². The first-order valence-corrected chi connectivity index (χ1v) is 8.04. The van der Waals surface area contributed by atoms with Crippen LogP contribution < -0.4 is 10.6 Å². The molecule has 0 aliphatic heterocycles. The Morgan fingerprint density at radius 2 is 1.68 bits per heavy atom. The molecule has 1 aliphatic rings. The van der Waals surface area contributed by atoms with Crippen molar-refractivity contribution in [3.8, 4) is 0 Å². The van der Waals surface area contributed by atoms with Gasteiger partial charge in [0, 0.05) is 6.54 Å². The predicted molar refractivity (Wildman–Crippen MR) is 89.6 cm³/mol. The summed E-state index contributed by atoms with van der Waals surface area (Å²) in [4.78, 5) is 24.2. The fourth-order valence-corrected chi connectivity index (χ4v) is 2.75. The molecular formula is C19H18F2N2O2. The molecule has 1 aliphatic carbocycles. The van der Waals surface area contributed by atoms with Crippen molar-refractivity contribution in [2.45, 2.75) is 19.9 Å². The molecule has 0 spiro atoms. The summed E-state index contributed by atoms with van der Waals surface area (Å²) in [5.74, 6) is -3.46. The van der Waals surface area contributed by atoms with Gasteiger partial charge in [-0.3, -0.25) is 9.59 Å². The van der Waals surface area contributed by atoms with Gasteiger partial charge in [-0.1, -0.05) is 35.9 Å². The maximum absolute atomic E-state index is 13.6. The lowest BCUT2D eigenvalue weighted by Gasteiger charge is -2.08. The Morgan fingerprint density at radius 3 is 2.36 bits per heavy atom. The normalized spacial score (nSPS) is 18.5. The number of carbonyl (C=O) groups excluding carboxylic acids is 2. The third kappa shape index (κ3) is 4.02. The highest BCUT2D eigenvalue weighted by Crippen LogP contribution is 2.39. The Labute approximate surface area is 144 Å². The van der Waals surface area contributed by atoms with Crippen LogP contribution in [-0.2, 0) is 16.1 Å². The summed E-state index contributed by atoms with van der Waals surface area (Å²) < 4.78 is 27.1. The van der Waals surface area contributed by atoms with Crippen LogP contribution in [0.3, 0.4) is 0 Å². The number of amides is 2. The number of benzene rings is 2. The summed E-state index contributed by atoms with van der Waals surface area (Å²) in [6.45, 7) is 2.35. The standard InChI is InChI=1S/C19H18F2N2O2/c1-11-4-2-5-12(8-11)10-22-18(24)13-9-14(13)19(25)23-17-15(20)6-3-7-16(17)21/h2-8,13-14H,9-10H2,1H3,(H,22,24)(H,23,25). The highest BCUT2D eigenvalue weighted by Gasteiger charge is 2.48. The first kappa shape index (κ1) is 17.1. The Kier molecular flexibility index (Phi) is 4.79. The molecule has 0 heterocycles. The zero-order valence-corrected chi connectivity index (χ0v) is 13.7. The smallest absolute Gasteiger partial charge is 0.228 e. The van der Waals surface area contributed by atoms with Crippen LogP contribution >= 0.6 is 0 Å². The number of anilines is 1. The highest BCUT2D eigenvalue weighted by molar-refractivity contribution is 5.99. The van der Waals surface area contributed by atoms with Crippen LogP contribution in [0.2, 0.25) is 0 Å². The molecule has 2 unspecified atom stereocenters. The molecule has 2 aromatic carbocycles. The van der Waals surface area contributed by atoms with Crippen LogP contribution in [0.25, 0.3) is 0 Å². The maximum atomic E-state index is 13.6. The number of hydrogen-bond acceptors (Lipinski definition) is 2. The number of para-hydroxylation sites is 1. The summed E-state index contributed by atoms with van der Waals surface area (Å²) in [5.41, 5.74) is 1.60. The molecule has 0 bridgehead atoms. The van der Waals surface area contributed by atoms with Crippen LogP contribution in [0.5, 0.6) is 0 Å². The van der Waals surface area contributed by atoms with Crippen molar-refractivity contribution < 1.29 is 18.4 Å². The quantitative estimate of drug-likeness (QED) is 0.875. The molecule has 2 amide bonds. The molecule has 130 valence electrons. The molecule has 0 radical (unpaired) electrons. The van der Waals surface area contributed by atoms with E-state index in [2.05, 4.69) is 10.6 Å². The molecule has 4 nitrogen and oxygen atoms in total. The Bertz CT molecular complexity index is 803. The summed E-state index contributed by atoms with van der Waals surface area (Å²) in [6, 6.07) is 11.1. The van der Waals surface area contributed by atoms with Crippen molar-refractivity contribution in [2.75, 3.05) is 5.32 Å². The first-order valence-electron chi connectivity index (χ1n) is 8.04. The van der Waals surface area contributed by atoms with Crippen LogP contribution in [0.4, 0.5) is 14.5 Å². The summed E-state index contributed by atoms with van der Waals surface area (Å²) in [7, 11) is 0. The molecular weight excluding hydrogens is 326 g/mol. The molecule has 2 aromatic rings. The number of hydrogen-bond donors (Lipinski definition) is 2. The number of rotatable bonds is 5. The van der Waals surface area contributed by atoms with Gasteiger partial charge in [0.1, 0.15) is 17.3 Å². The molecule has 1 saturated carbocycles. The molecule has 3 rings (SSSR count). The summed E-state index contributed by atoms with van der Waals surface area (Å²) in [5, 5.41) is 5.03. The third-order valence-electron chi connectivity index (χ3n) is 4.22. The van der Waals surface area contributed by atoms with Gasteiger partial charge in [-0.2, -0.15) is 0 Å². The van der Waals surface area contributed by atoms with E-state index in [-0.39, 0.29) is 5.91 Å². The minimum atomic E-state index is -0.838. The number of aryl methyl sites for hydroxylation is 1.